The Morgan fingerprint density at radius 3 is 2.59 bits per heavy atom. The maximum atomic E-state index is 13.1. The van der Waals surface area contributed by atoms with Crippen LogP contribution in [0, 0.1) is 5.92 Å². The second kappa shape index (κ2) is 8.80. The van der Waals surface area contributed by atoms with Gasteiger partial charge in [0.25, 0.3) is 15.6 Å². The van der Waals surface area contributed by atoms with Crippen molar-refractivity contribution in [2.24, 2.45) is 5.92 Å². The maximum absolute atomic E-state index is 13.1. The lowest BCUT2D eigenvalue weighted by Crippen LogP contribution is -2.50. The first kappa shape index (κ1) is 22.5. The van der Waals surface area contributed by atoms with Gasteiger partial charge in [0.1, 0.15) is 15.6 Å². The lowest BCUT2D eigenvalue weighted by Gasteiger charge is -2.42. The molecule has 178 valence electrons. The number of likely N-dealkylation sites (tertiary alicyclic amines) is 1. The van der Waals surface area contributed by atoms with Crippen molar-refractivity contribution in [2.45, 2.75) is 23.1 Å². The average molecular weight is 501 g/mol. The van der Waals surface area contributed by atoms with Crippen molar-refractivity contribution in [1.29, 1.82) is 0 Å². The first-order valence-electron chi connectivity index (χ1n) is 10.8. The second-order valence-electron chi connectivity index (χ2n) is 8.49. The number of benzene rings is 1. The molecule has 9 nitrogen and oxygen atoms in total. The largest absolute Gasteiger partial charge is 0.497 e. The lowest BCUT2D eigenvalue weighted by atomic mass is 9.83. The van der Waals surface area contributed by atoms with Crippen LogP contribution >= 0.6 is 11.3 Å². The summed E-state index contributed by atoms with van der Waals surface area (Å²) in [4.78, 5) is 27.8. The monoisotopic (exact) mass is 500 g/mol. The van der Waals surface area contributed by atoms with Crippen LogP contribution in [0.5, 0.6) is 5.75 Å². The highest BCUT2D eigenvalue weighted by Crippen LogP contribution is 2.36. The molecule has 2 aliphatic heterocycles. The van der Waals surface area contributed by atoms with Crippen LogP contribution in [0.15, 0.2) is 62.9 Å². The van der Waals surface area contributed by atoms with E-state index in [1.165, 1.54) is 12.1 Å². The number of urea groups is 1. The third kappa shape index (κ3) is 4.28. The summed E-state index contributed by atoms with van der Waals surface area (Å²) >= 11 is 1.09. The molecule has 1 fully saturated rings. The Morgan fingerprint density at radius 1 is 1.09 bits per heavy atom. The number of methoxy groups -OCH3 is 1. The van der Waals surface area contributed by atoms with Crippen LogP contribution < -0.4 is 20.3 Å². The zero-order chi connectivity index (χ0) is 23.9. The predicted molar refractivity (Wildman–Crippen MR) is 130 cm³/mol. The number of carbonyl (C=O) groups is 1. The first-order valence-corrected chi connectivity index (χ1v) is 13.2. The number of fused-ring (bicyclic) bond motifs is 4. The van der Waals surface area contributed by atoms with Crippen molar-refractivity contribution in [2.75, 3.05) is 30.2 Å². The predicted octanol–water partition coefficient (Wildman–Crippen LogP) is 3.37. The number of rotatable bonds is 5. The van der Waals surface area contributed by atoms with Crippen molar-refractivity contribution in [3.63, 3.8) is 0 Å². The summed E-state index contributed by atoms with van der Waals surface area (Å²) in [5.74, 6) is 0.823. The van der Waals surface area contributed by atoms with Gasteiger partial charge in [0.2, 0.25) is 0 Å². The number of piperidine rings is 1. The molecule has 0 spiro atoms. The van der Waals surface area contributed by atoms with Gasteiger partial charge in [-0.2, -0.15) is 0 Å². The van der Waals surface area contributed by atoms with E-state index in [4.69, 9.17) is 4.74 Å². The molecule has 1 aromatic carbocycles. The molecular weight excluding hydrogens is 476 g/mol. The molecule has 0 saturated carbocycles. The third-order valence-electron chi connectivity index (χ3n) is 6.24. The zero-order valence-electron chi connectivity index (χ0n) is 18.4. The highest BCUT2D eigenvalue weighted by atomic mass is 32.2. The maximum Gasteiger partial charge on any atom is 0.321 e. The number of sulfonamides is 1. The molecule has 2 amide bonds. The number of aromatic nitrogens is 1. The highest BCUT2D eigenvalue weighted by Gasteiger charge is 2.37. The van der Waals surface area contributed by atoms with Gasteiger partial charge in [0.05, 0.1) is 7.11 Å². The minimum Gasteiger partial charge on any atom is -0.497 e. The summed E-state index contributed by atoms with van der Waals surface area (Å²) in [5, 5.41) is 4.60. The molecule has 2 N–H and O–H groups in total. The topological polar surface area (TPSA) is 110 Å². The Morgan fingerprint density at radius 2 is 1.88 bits per heavy atom. The van der Waals surface area contributed by atoms with E-state index in [2.05, 4.69) is 10.0 Å². The molecule has 4 heterocycles. The van der Waals surface area contributed by atoms with E-state index >= 15 is 0 Å². The number of ether oxygens (including phenoxy) is 1. The van der Waals surface area contributed by atoms with Gasteiger partial charge >= 0.3 is 6.03 Å². The third-order valence-corrected chi connectivity index (χ3v) is 9.00. The zero-order valence-corrected chi connectivity index (χ0v) is 20.1. The van der Waals surface area contributed by atoms with Crippen LogP contribution in [0.3, 0.4) is 0 Å². The Hall–Kier alpha value is -3.31. The first-order chi connectivity index (χ1) is 16.3. The van der Waals surface area contributed by atoms with Gasteiger partial charge in [-0.15, -0.1) is 11.3 Å². The molecular formula is C23H24N4O5S2. The van der Waals surface area contributed by atoms with Gasteiger partial charge in [-0.05, 0) is 60.2 Å². The molecule has 5 rings (SSSR count). The number of pyridine rings is 1. The molecule has 0 unspecified atom stereocenters. The Kier molecular flexibility index (Phi) is 5.82. The summed E-state index contributed by atoms with van der Waals surface area (Å²) in [7, 11) is -2.22. The quantitative estimate of drug-likeness (QED) is 0.558. The molecule has 0 radical (unpaired) electrons. The van der Waals surface area contributed by atoms with Crippen LogP contribution in [0.1, 0.15) is 18.0 Å². The summed E-state index contributed by atoms with van der Waals surface area (Å²) in [6, 6.07) is 13.4. The summed E-state index contributed by atoms with van der Waals surface area (Å²) in [5.41, 5.74) is 1.18. The Bertz CT molecular complexity index is 1370. The second-order valence-corrected chi connectivity index (χ2v) is 11.3. The number of hydrogen-bond donors (Lipinski definition) is 2. The fraction of sp³-hybridized carbons (Fsp3) is 0.304. The molecule has 2 aromatic heterocycles. The molecule has 3 aromatic rings. The minimum atomic E-state index is -3.81. The van der Waals surface area contributed by atoms with Gasteiger partial charge in [-0.3, -0.25) is 9.52 Å². The van der Waals surface area contributed by atoms with Gasteiger partial charge < -0.3 is 19.5 Å². The smallest absolute Gasteiger partial charge is 0.321 e. The van der Waals surface area contributed by atoms with Gasteiger partial charge in [-0.1, -0.05) is 6.07 Å². The average Bonchev–Trinajstić information content (AvgIpc) is 3.38. The van der Waals surface area contributed by atoms with Crippen LogP contribution in [0.2, 0.25) is 0 Å². The fourth-order valence-corrected chi connectivity index (χ4v) is 6.73. The molecule has 1 saturated heterocycles. The van der Waals surface area contributed by atoms with E-state index in [0.717, 1.165) is 23.5 Å². The van der Waals surface area contributed by atoms with Crippen molar-refractivity contribution in [3.8, 4) is 5.75 Å². The molecule has 11 heteroatoms. The van der Waals surface area contributed by atoms with E-state index in [1.807, 2.05) is 0 Å². The summed E-state index contributed by atoms with van der Waals surface area (Å²) in [6.45, 7) is 1.44. The number of nitrogens with one attached hydrogen (secondary N) is 2. The molecule has 2 aliphatic rings. The van der Waals surface area contributed by atoms with E-state index in [9.17, 15) is 18.0 Å². The number of carbonyl (C=O) groups excluding carboxylic acids is 1. The molecule has 2 atom stereocenters. The van der Waals surface area contributed by atoms with Crippen LogP contribution in [0.25, 0.3) is 0 Å². The number of anilines is 2. The van der Waals surface area contributed by atoms with Gasteiger partial charge in [-0.25, -0.2) is 13.2 Å². The van der Waals surface area contributed by atoms with E-state index in [-0.39, 0.29) is 33.3 Å². The number of amides is 2. The van der Waals surface area contributed by atoms with Gasteiger partial charge in [0, 0.05) is 36.9 Å². The van der Waals surface area contributed by atoms with Crippen molar-refractivity contribution in [3.05, 3.63) is 70.0 Å². The fourth-order valence-electron chi connectivity index (χ4n) is 4.68. The van der Waals surface area contributed by atoms with Gasteiger partial charge in [0.15, 0.2) is 0 Å². The summed E-state index contributed by atoms with van der Waals surface area (Å²) < 4.78 is 34.5. The van der Waals surface area contributed by atoms with Crippen LogP contribution in [-0.4, -0.2) is 44.1 Å². The number of thiophene rings is 1. The Labute approximate surface area is 201 Å². The summed E-state index contributed by atoms with van der Waals surface area (Å²) in [6.07, 6.45) is 0.881. The minimum absolute atomic E-state index is 0.00442. The SMILES string of the molecule is COc1ccc(NC(=O)N2C[C@H]3C[C@H](C2)c2ccc(NS(=O)(=O)c4cccs4)c(=O)n2C3)cc1. The van der Waals surface area contributed by atoms with Crippen molar-refractivity contribution >= 4 is 38.8 Å². The lowest BCUT2D eigenvalue weighted by molar-refractivity contribution is 0.139. The number of hydrogen-bond acceptors (Lipinski definition) is 6. The number of nitrogens with zero attached hydrogens (tertiary/aromatic N) is 2. The molecule has 2 bridgehead atoms. The normalized spacial score (nSPS) is 19.3. The van der Waals surface area contributed by atoms with Crippen LogP contribution in [-0.2, 0) is 16.6 Å². The van der Waals surface area contributed by atoms with E-state index < -0.39 is 10.0 Å². The van der Waals surface area contributed by atoms with E-state index in [1.54, 1.807) is 58.4 Å². The Balaban J connectivity index is 1.33. The molecule has 34 heavy (non-hydrogen) atoms. The standard InChI is InChI=1S/C23H24N4O5S2/c1-32-18-6-4-17(5-7-18)24-23(29)26-12-15-11-16(14-26)20-9-8-19(22(28)27(20)13-15)25-34(30,31)21-3-2-10-33-21/h2-10,15-16,25H,11-14H2,1H3,(H,24,29)/t15-,16-/m1/s1. The van der Waals surface area contributed by atoms with Crippen molar-refractivity contribution in [1.82, 2.24) is 9.47 Å². The molecule has 0 aliphatic carbocycles. The van der Waals surface area contributed by atoms with Crippen LogP contribution in [0.4, 0.5) is 16.2 Å². The van der Waals surface area contributed by atoms with E-state index in [0.29, 0.717) is 31.1 Å². The van der Waals surface area contributed by atoms with Crippen molar-refractivity contribution < 1.29 is 17.9 Å². The highest BCUT2D eigenvalue weighted by molar-refractivity contribution is 7.94.